The minimum Gasteiger partial charge on any atom is -0.355 e. The standard InChI is InChI=1S/C17H27N3O4S/c1-5-18-17(22)14(4)20-16(21)7-6-10-19-25(23,24)15-9-8-12(2)13(3)11-15/h8-9,11,14,19H,5-7,10H2,1-4H3,(H,18,22)(H,20,21)/t14-/m1/s1. The van der Waals surface area contributed by atoms with Gasteiger partial charge in [0.15, 0.2) is 0 Å². The Labute approximate surface area is 149 Å². The molecule has 0 saturated carbocycles. The number of carbonyl (C=O) groups is 2. The van der Waals surface area contributed by atoms with E-state index in [2.05, 4.69) is 15.4 Å². The highest BCUT2D eigenvalue weighted by Gasteiger charge is 2.16. The van der Waals surface area contributed by atoms with E-state index in [1.807, 2.05) is 13.8 Å². The summed E-state index contributed by atoms with van der Waals surface area (Å²) in [5.41, 5.74) is 1.93. The van der Waals surface area contributed by atoms with Crippen LogP contribution in [0.4, 0.5) is 0 Å². The lowest BCUT2D eigenvalue weighted by Gasteiger charge is -2.13. The Morgan fingerprint density at radius 1 is 1.16 bits per heavy atom. The van der Waals surface area contributed by atoms with Gasteiger partial charge in [-0.3, -0.25) is 9.59 Å². The summed E-state index contributed by atoms with van der Waals surface area (Å²) >= 11 is 0. The van der Waals surface area contributed by atoms with Gasteiger partial charge in [-0.25, -0.2) is 13.1 Å². The molecule has 0 heterocycles. The molecule has 1 atom stereocenters. The molecule has 0 aliphatic rings. The number of hydrogen-bond acceptors (Lipinski definition) is 4. The van der Waals surface area contributed by atoms with Crippen molar-refractivity contribution in [2.24, 2.45) is 0 Å². The van der Waals surface area contributed by atoms with Crippen molar-refractivity contribution in [1.29, 1.82) is 0 Å². The fourth-order valence-corrected chi connectivity index (χ4v) is 3.29. The Bertz CT molecular complexity index is 717. The topological polar surface area (TPSA) is 104 Å². The summed E-state index contributed by atoms with van der Waals surface area (Å²) in [6.07, 6.45) is 0.483. The maximum Gasteiger partial charge on any atom is 0.242 e. The fraction of sp³-hybridized carbons (Fsp3) is 0.529. The van der Waals surface area contributed by atoms with E-state index in [1.54, 1.807) is 32.0 Å². The number of aryl methyl sites for hydroxylation is 2. The van der Waals surface area contributed by atoms with E-state index in [0.29, 0.717) is 13.0 Å². The number of rotatable bonds is 9. The predicted molar refractivity (Wildman–Crippen MR) is 96.6 cm³/mol. The van der Waals surface area contributed by atoms with Crippen molar-refractivity contribution >= 4 is 21.8 Å². The van der Waals surface area contributed by atoms with Crippen LogP contribution in [-0.4, -0.2) is 39.4 Å². The number of carbonyl (C=O) groups excluding carboxylic acids is 2. The second-order valence-corrected chi connectivity index (χ2v) is 7.70. The summed E-state index contributed by atoms with van der Waals surface area (Å²) in [5.74, 6) is -0.532. The molecule has 1 rings (SSSR count). The highest BCUT2D eigenvalue weighted by molar-refractivity contribution is 7.89. The Morgan fingerprint density at radius 3 is 2.44 bits per heavy atom. The Morgan fingerprint density at radius 2 is 1.84 bits per heavy atom. The molecule has 140 valence electrons. The smallest absolute Gasteiger partial charge is 0.242 e. The Balaban J connectivity index is 2.42. The summed E-state index contributed by atoms with van der Waals surface area (Å²) in [4.78, 5) is 23.5. The molecule has 0 aromatic heterocycles. The molecule has 0 unspecified atom stereocenters. The van der Waals surface area contributed by atoms with Gasteiger partial charge in [0.1, 0.15) is 6.04 Å². The van der Waals surface area contributed by atoms with Gasteiger partial charge in [0.05, 0.1) is 4.90 Å². The van der Waals surface area contributed by atoms with Crippen LogP contribution < -0.4 is 15.4 Å². The van der Waals surface area contributed by atoms with Crippen LogP contribution in [-0.2, 0) is 19.6 Å². The lowest BCUT2D eigenvalue weighted by Crippen LogP contribution is -2.44. The molecule has 0 radical (unpaired) electrons. The number of likely N-dealkylation sites (N-methyl/N-ethyl adjacent to an activating group) is 1. The lowest BCUT2D eigenvalue weighted by molar-refractivity contribution is -0.128. The van der Waals surface area contributed by atoms with Crippen LogP contribution in [0.2, 0.25) is 0 Å². The van der Waals surface area contributed by atoms with Crippen LogP contribution in [0.3, 0.4) is 0 Å². The van der Waals surface area contributed by atoms with Gasteiger partial charge in [-0.05, 0) is 57.4 Å². The van der Waals surface area contributed by atoms with Crippen molar-refractivity contribution in [2.45, 2.75) is 51.5 Å². The third-order valence-electron chi connectivity index (χ3n) is 3.78. The van der Waals surface area contributed by atoms with Crippen LogP contribution in [0.15, 0.2) is 23.1 Å². The van der Waals surface area contributed by atoms with Gasteiger partial charge in [-0.15, -0.1) is 0 Å². The molecular formula is C17H27N3O4S. The maximum atomic E-state index is 12.2. The van der Waals surface area contributed by atoms with Gasteiger partial charge < -0.3 is 10.6 Å². The first-order valence-corrected chi connectivity index (χ1v) is 9.79. The average Bonchev–Trinajstić information content (AvgIpc) is 2.54. The van der Waals surface area contributed by atoms with E-state index >= 15 is 0 Å². The van der Waals surface area contributed by atoms with Crippen molar-refractivity contribution in [3.8, 4) is 0 Å². The van der Waals surface area contributed by atoms with Crippen LogP contribution in [0.25, 0.3) is 0 Å². The number of nitrogens with one attached hydrogen (secondary N) is 3. The molecule has 0 aliphatic carbocycles. The van der Waals surface area contributed by atoms with E-state index in [4.69, 9.17) is 0 Å². The summed E-state index contributed by atoms with van der Waals surface area (Å²) in [5, 5.41) is 5.20. The molecule has 8 heteroatoms. The number of sulfonamides is 1. The molecule has 25 heavy (non-hydrogen) atoms. The van der Waals surface area contributed by atoms with Crippen molar-refractivity contribution in [1.82, 2.24) is 15.4 Å². The lowest BCUT2D eigenvalue weighted by atomic mass is 10.1. The van der Waals surface area contributed by atoms with E-state index in [9.17, 15) is 18.0 Å². The fourth-order valence-electron chi connectivity index (χ4n) is 2.13. The molecule has 0 bridgehead atoms. The number of benzene rings is 1. The van der Waals surface area contributed by atoms with Gasteiger partial charge in [0, 0.05) is 19.5 Å². The minimum absolute atomic E-state index is 0.138. The summed E-state index contributed by atoms with van der Waals surface area (Å²) in [6, 6.07) is 4.34. The highest BCUT2D eigenvalue weighted by atomic mass is 32.2. The van der Waals surface area contributed by atoms with Crippen molar-refractivity contribution in [2.75, 3.05) is 13.1 Å². The molecule has 0 aliphatic heterocycles. The number of amides is 2. The van der Waals surface area contributed by atoms with E-state index < -0.39 is 16.1 Å². The first-order valence-electron chi connectivity index (χ1n) is 8.31. The van der Waals surface area contributed by atoms with Gasteiger partial charge >= 0.3 is 0 Å². The van der Waals surface area contributed by atoms with Gasteiger partial charge in [-0.1, -0.05) is 6.07 Å². The third-order valence-corrected chi connectivity index (χ3v) is 5.24. The van der Waals surface area contributed by atoms with Gasteiger partial charge in [0.2, 0.25) is 21.8 Å². The predicted octanol–water partition coefficient (Wildman–Crippen LogP) is 1.00. The Hall–Kier alpha value is -1.93. The van der Waals surface area contributed by atoms with Crippen molar-refractivity contribution in [3.05, 3.63) is 29.3 Å². The molecule has 1 aromatic rings. The second kappa shape index (κ2) is 9.53. The van der Waals surface area contributed by atoms with Crippen LogP contribution >= 0.6 is 0 Å². The normalized spacial score (nSPS) is 12.5. The number of hydrogen-bond donors (Lipinski definition) is 3. The van der Waals surface area contributed by atoms with Crippen molar-refractivity contribution < 1.29 is 18.0 Å². The molecule has 3 N–H and O–H groups in total. The SMILES string of the molecule is CCNC(=O)[C@@H](C)NC(=O)CCCNS(=O)(=O)c1ccc(C)c(C)c1. The molecule has 2 amide bonds. The Kier molecular flexibility index (Phi) is 8.05. The molecule has 0 fully saturated rings. The minimum atomic E-state index is -3.59. The molecule has 0 spiro atoms. The summed E-state index contributed by atoms with van der Waals surface area (Å²) < 4.78 is 26.9. The molecule has 0 saturated heterocycles. The van der Waals surface area contributed by atoms with Gasteiger partial charge in [0.25, 0.3) is 0 Å². The van der Waals surface area contributed by atoms with Crippen LogP contribution in [0, 0.1) is 13.8 Å². The van der Waals surface area contributed by atoms with Crippen molar-refractivity contribution in [3.63, 3.8) is 0 Å². The highest BCUT2D eigenvalue weighted by Crippen LogP contribution is 2.14. The summed E-state index contributed by atoms with van der Waals surface area (Å²) in [6.45, 7) is 7.82. The zero-order valence-electron chi connectivity index (χ0n) is 15.2. The molecule has 7 nitrogen and oxygen atoms in total. The van der Waals surface area contributed by atoms with E-state index in [0.717, 1.165) is 11.1 Å². The third kappa shape index (κ3) is 6.83. The molecule has 1 aromatic carbocycles. The first-order chi connectivity index (χ1) is 11.7. The summed E-state index contributed by atoms with van der Waals surface area (Å²) in [7, 11) is -3.59. The average molecular weight is 369 g/mol. The first kappa shape index (κ1) is 21.1. The second-order valence-electron chi connectivity index (χ2n) is 5.93. The maximum absolute atomic E-state index is 12.2. The zero-order chi connectivity index (χ0) is 19.0. The zero-order valence-corrected chi connectivity index (χ0v) is 16.0. The molecular weight excluding hydrogens is 342 g/mol. The monoisotopic (exact) mass is 369 g/mol. The van der Waals surface area contributed by atoms with Crippen LogP contribution in [0.1, 0.15) is 37.8 Å². The van der Waals surface area contributed by atoms with E-state index in [-0.39, 0.29) is 29.7 Å². The van der Waals surface area contributed by atoms with Crippen LogP contribution in [0.5, 0.6) is 0 Å². The van der Waals surface area contributed by atoms with E-state index in [1.165, 1.54) is 0 Å². The van der Waals surface area contributed by atoms with Gasteiger partial charge in [-0.2, -0.15) is 0 Å². The quantitative estimate of drug-likeness (QED) is 0.565. The largest absolute Gasteiger partial charge is 0.355 e.